The Hall–Kier alpha value is -3.70. The maximum Gasteiger partial charge on any atom is 0.471 e. The fraction of sp³-hybridized carbons (Fsp3) is 0.350. The summed E-state index contributed by atoms with van der Waals surface area (Å²) in [5.41, 5.74) is 1.20. The molecule has 5 rings (SSSR count). The Morgan fingerprint density at radius 3 is 2.84 bits per heavy atom. The van der Waals surface area contributed by atoms with Crippen LogP contribution in [0.25, 0.3) is 11.4 Å². The first kappa shape index (κ1) is 20.2. The van der Waals surface area contributed by atoms with E-state index in [2.05, 4.69) is 34.8 Å². The molecule has 1 fully saturated rings. The zero-order valence-corrected chi connectivity index (χ0v) is 16.9. The zero-order valence-electron chi connectivity index (χ0n) is 16.9. The second-order valence-electron chi connectivity index (χ2n) is 7.56. The number of anilines is 3. The summed E-state index contributed by atoms with van der Waals surface area (Å²) in [7, 11) is 1.71. The molecule has 0 unspecified atom stereocenters. The lowest BCUT2D eigenvalue weighted by Gasteiger charge is -2.27. The number of nitrogens with one attached hydrogen (secondary N) is 1. The highest BCUT2D eigenvalue weighted by atomic mass is 19.4. The van der Waals surface area contributed by atoms with Gasteiger partial charge in [-0.1, -0.05) is 17.3 Å². The van der Waals surface area contributed by atoms with E-state index in [4.69, 9.17) is 0 Å². The van der Waals surface area contributed by atoms with Crippen LogP contribution in [-0.2, 0) is 6.18 Å². The summed E-state index contributed by atoms with van der Waals surface area (Å²) in [6.07, 6.45) is -1.37. The summed E-state index contributed by atoms with van der Waals surface area (Å²) in [4.78, 5) is 29.3. The number of halogens is 3. The number of nitrogens with zero attached hydrogens (tertiary/aromatic N) is 6. The Morgan fingerprint density at radius 1 is 1.25 bits per heavy atom. The van der Waals surface area contributed by atoms with E-state index in [1.165, 1.54) is 6.20 Å². The van der Waals surface area contributed by atoms with Gasteiger partial charge in [0.1, 0.15) is 11.4 Å². The fourth-order valence-electron chi connectivity index (χ4n) is 4.10. The predicted molar refractivity (Wildman–Crippen MR) is 108 cm³/mol. The number of carbonyl (C=O) groups excluding carboxylic acids is 1. The summed E-state index contributed by atoms with van der Waals surface area (Å²) in [6, 6.07) is 6.57. The molecule has 1 aromatic carbocycles. The monoisotopic (exact) mass is 445 g/mol. The number of rotatable bonds is 3. The molecule has 166 valence electrons. The molecular weight excluding hydrogens is 427 g/mol. The van der Waals surface area contributed by atoms with Crippen LogP contribution in [0.15, 0.2) is 35.0 Å². The third-order valence-electron chi connectivity index (χ3n) is 5.59. The van der Waals surface area contributed by atoms with Crippen molar-refractivity contribution in [2.75, 3.05) is 35.3 Å². The standard InChI is InChI=1S/C20H18F3N7O2/c1-24-19-25-9-14-16(27-19)29-7-3-6-13(29)10-30(17(14)31)12-5-2-4-11(8-12)15-26-18(32-28-15)20(21,22)23/h2,4-5,8-9,13H,3,6-7,10H2,1H3,(H,24,25,27)/t13-/m0/s1. The van der Waals surface area contributed by atoms with Crippen LogP contribution in [0, 0.1) is 0 Å². The molecule has 0 radical (unpaired) electrons. The van der Waals surface area contributed by atoms with Gasteiger partial charge in [0.15, 0.2) is 0 Å². The van der Waals surface area contributed by atoms with Gasteiger partial charge >= 0.3 is 12.1 Å². The van der Waals surface area contributed by atoms with Crippen molar-refractivity contribution < 1.29 is 22.5 Å². The van der Waals surface area contributed by atoms with Crippen LogP contribution in [0.5, 0.6) is 0 Å². The summed E-state index contributed by atoms with van der Waals surface area (Å²) >= 11 is 0. The number of benzene rings is 1. The van der Waals surface area contributed by atoms with Crippen molar-refractivity contribution in [3.8, 4) is 11.4 Å². The first-order valence-electron chi connectivity index (χ1n) is 10.00. The number of hydrogen-bond acceptors (Lipinski definition) is 8. The molecular formula is C20H18F3N7O2. The van der Waals surface area contributed by atoms with E-state index in [-0.39, 0.29) is 17.8 Å². The van der Waals surface area contributed by atoms with E-state index in [0.29, 0.717) is 35.1 Å². The number of amides is 1. The Kier molecular flexibility index (Phi) is 4.72. The third-order valence-corrected chi connectivity index (χ3v) is 5.59. The third kappa shape index (κ3) is 3.41. The molecule has 12 heteroatoms. The molecule has 9 nitrogen and oxygen atoms in total. The summed E-state index contributed by atoms with van der Waals surface area (Å²) in [5.74, 6) is -0.889. The second kappa shape index (κ2) is 7.46. The van der Waals surface area contributed by atoms with Crippen LogP contribution < -0.4 is 15.1 Å². The first-order valence-corrected chi connectivity index (χ1v) is 10.00. The smallest absolute Gasteiger partial charge is 0.357 e. The summed E-state index contributed by atoms with van der Waals surface area (Å²) in [5, 5.41) is 6.34. The van der Waals surface area contributed by atoms with Crippen molar-refractivity contribution in [2.45, 2.75) is 25.1 Å². The van der Waals surface area contributed by atoms with E-state index >= 15 is 0 Å². The predicted octanol–water partition coefficient (Wildman–Crippen LogP) is 3.22. The number of fused-ring (bicyclic) bond motifs is 3. The van der Waals surface area contributed by atoms with Crippen molar-refractivity contribution in [3.05, 3.63) is 41.9 Å². The first-order chi connectivity index (χ1) is 15.3. The normalized spacial score (nSPS) is 18.4. The lowest BCUT2D eigenvalue weighted by Crippen LogP contribution is -2.39. The molecule has 1 amide bonds. The van der Waals surface area contributed by atoms with Gasteiger partial charge in [-0.25, -0.2) is 4.98 Å². The average molecular weight is 445 g/mol. The minimum absolute atomic E-state index is 0.0606. The van der Waals surface area contributed by atoms with Crippen molar-refractivity contribution >= 4 is 23.4 Å². The average Bonchev–Trinajstić information content (AvgIpc) is 3.44. The Bertz CT molecular complexity index is 1180. The molecule has 0 saturated carbocycles. The van der Waals surface area contributed by atoms with Crippen molar-refractivity contribution in [1.29, 1.82) is 0 Å². The maximum atomic E-state index is 13.5. The van der Waals surface area contributed by atoms with E-state index in [1.54, 1.807) is 36.2 Å². The Balaban J connectivity index is 1.54. The van der Waals surface area contributed by atoms with Gasteiger partial charge in [-0.3, -0.25) is 4.79 Å². The van der Waals surface area contributed by atoms with Crippen LogP contribution in [0.2, 0.25) is 0 Å². The highest BCUT2D eigenvalue weighted by Gasteiger charge is 2.39. The topological polar surface area (TPSA) is 100 Å². The molecule has 4 heterocycles. The van der Waals surface area contributed by atoms with E-state index < -0.39 is 12.1 Å². The highest BCUT2D eigenvalue weighted by molar-refractivity contribution is 6.10. The van der Waals surface area contributed by atoms with E-state index in [1.807, 2.05) is 0 Å². The van der Waals surface area contributed by atoms with Crippen LogP contribution in [0.1, 0.15) is 29.1 Å². The van der Waals surface area contributed by atoms with E-state index in [9.17, 15) is 18.0 Å². The molecule has 1 atom stereocenters. The van der Waals surface area contributed by atoms with Crippen molar-refractivity contribution in [3.63, 3.8) is 0 Å². The quantitative estimate of drug-likeness (QED) is 0.656. The van der Waals surface area contributed by atoms with Crippen LogP contribution in [-0.4, -0.2) is 52.2 Å². The van der Waals surface area contributed by atoms with Crippen molar-refractivity contribution in [1.82, 2.24) is 20.1 Å². The molecule has 0 aliphatic carbocycles. The van der Waals surface area contributed by atoms with Crippen LogP contribution in [0.4, 0.5) is 30.6 Å². The van der Waals surface area contributed by atoms with Gasteiger partial charge in [-0.05, 0) is 25.0 Å². The molecule has 1 N–H and O–H groups in total. The SMILES string of the molecule is CNc1ncc2c(n1)N1CCC[C@H]1CN(c1cccc(-c3noc(C(F)(F)F)n3)c1)C2=O. The molecule has 2 aliphatic rings. The van der Waals surface area contributed by atoms with Gasteiger partial charge < -0.3 is 19.6 Å². The van der Waals surface area contributed by atoms with Gasteiger partial charge in [0.05, 0.1) is 0 Å². The minimum Gasteiger partial charge on any atom is -0.357 e. The molecule has 3 aromatic rings. The zero-order chi connectivity index (χ0) is 22.5. The molecule has 0 spiro atoms. The number of alkyl halides is 3. The number of carbonyl (C=O) groups is 1. The molecule has 2 aliphatic heterocycles. The Morgan fingerprint density at radius 2 is 2.09 bits per heavy atom. The lowest BCUT2D eigenvalue weighted by atomic mass is 10.1. The molecule has 1 saturated heterocycles. The number of aromatic nitrogens is 4. The van der Waals surface area contributed by atoms with Gasteiger partial charge in [0.2, 0.25) is 11.8 Å². The van der Waals surface area contributed by atoms with Gasteiger partial charge in [-0.15, -0.1) is 0 Å². The van der Waals surface area contributed by atoms with Crippen LogP contribution in [0.3, 0.4) is 0 Å². The fourth-order valence-corrected chi connectivity index (χ4v) is 4.10. The lowest BCUT2D eigenvalue weighted by molar-refractivity contribution is -0.159. The Labute approximate surface area is 180 Å². The van der Waals surface area contributed by atoms with Crippen LogP contribution >= 0.6 is 0 Å². The van der Waals surface area contributed by atoms with E-state index in [0.717, 1.165) is 19.4 Å². The highest BCUT2D eigenvalue weighted by Crippen LogP contribution is 2.35. The molecule has 32 heavy (non-hydrogen) atoms. The summed E-state index contributed by atoms with van der Waals surface area (Å²) < 4.78 is 42.8. The minimum atomic E-state index is -4.73. The van der Waals surface area contributed by atoms with Gasteiger partial charge in [0, 0.05) is 43.6 Å². The van der Waals surface area contributed by atoms with Gasteiger partial charge in [-0.2, -0.15) is 23.1 Å². The maximum absolute atomic E-state index is 13.5. The largest absolute Gasteiger partial charge is 0.471 e. The molecule has 2 aromatic heterocycles. The van der Waals surface area contributed by atoms with Gasteiger partial charge in [0.25, 0.3) is 5.91 Å². The second-order valence-corrected chi connectivity index (χ2v) is 7.56. The number of hydrogen-bond donors (Lipinski definition) is 1. The summed E-state index contributed by atoms with van der Waals surface area (Å²) in [6.45, 7) is 1.19. The van der Waals surface area contributed by atoms with Crippen molar-refractivity contribution in [2.24, 2.45) is 0 Å². The molecule has 0 bridgehead atoms.